The van der Waals surface area contributed by atoms with Crippen LogP contribution in [0, 0.1) is 5.82 Å². The van der Waals surface area contributed by atoms with Crippen molar-refractivity contribution in [1.82, 2.24) is 10.6 Å². The van der Waals surface area contributed by atoms with Crippen LogP contribution < -0.4 is 10.6 Å². The number of rotatable bonds is 6. The first-order valence-electron chi connectivity index (χ1n) is 8.74. The molecule has 2 aromatic rings. The van der Waals surface area contributed by atoms with E-state index in [0.717, 1.165) is 11.1 Å². The summed E-state index contributed by atoms with van der Waals surface area (Å²) < 4.78 is 19.0. The maximum Gasteiger partial charge on any atom is 0.405 e. The minimum absolute atomic E-state index is 0.297. The van der Waals surface area contributed by atoms with Gasteiger partial charge in [0, 0.05) is 6.61 Å². The van der Waals surface area contributed by atoms with Crippen LogP contribution >= 0.6 is 0 Å². The maximum atomic E-state index is 13.2. The van der Waals surface area contributed by atoms with Gasteiger partial charge < -0.3 is 20.5 Å². The van der Waals surface area contributed by atoms with E-state index < -0.39 is 23.9 Å². The topological polar surface area (TPSA) is 87.7 Å². The molecule has 0 radical (unpaired) electrons. The highest BCUT2D eigenvalue weighted by molar-refractivity contribution is 5.86. The summed E-state index contributed by atoms with van der Waals surface area (Å²) in [6.07, 6.45) is -1.04. The van der Waals surface area contributed by atoms with Gasteiger partial charge >= 0.3 is 6.09 Å². The van der Waals surface area contributed by atoms with Crippen molar-refractivity contribution in [2.45, 2.75) is 31.5 Å². The van der Waals surface area contributed by atoms with Crippen molar-refractivity contribution in [3.8, 4) is 0 Å². The van der Waals surface area contributed by atoms with E-state index in [-0.39, 0.29) is 12.1 Å². The summed E-state index contributed by atoms with van der Waals surface area (Å²) in [5.41, 5.74) is 2.47. The molecule has 0 fully saturated rings. The van der Waals surface area contributed by atoms with Crippen LogP contribution in [0.4, 0.5) is 9.18 Å². The van der Waals surface area contributed by atoms with E-state index in [0.29, 0.717) is 18.6 Å². The summed E-state index contributed by atoms with van der Waals surface area (Å²) >= 11 is 0. The summed E-state index contributed by atoms with van der Waals surface area (Å²) in [4.78, 5) is 24.0. The van der Waals surface area contributed by atoms with Gasteiger partial charge in [0.25, 0.3) is 0 Å². The molecule has 6 nitrogen and oxygen atoms in total. The number of hydrogen-bond donors (Lipinski definition) is 3. The van der Waals surface area contributed by atoms with Crippen molar-refractivity contribution in [3.05, 3.63) is 71.0 Å². The van der Waals surface area contributed by atoms with E-state index in [1.54, 1.807) is 0 Å². The third-order valence-corrected chi connectivity index (χ3v) is 4.57. The number of carbonyl (C=O) groups excluding carboxylic acids is 1. The van der Waals surface area contributed by atoms with E-state index in [9.17, 15) is 14.0 Å². The summed E-state index contributed by atoms with van der Waals surface area (Å²) in [6, 6.07) is 11.5. The largest absolute Gasteiger partial charge is 0.465 e. The predicted octanol–water partition coefficient (Wildman–Crippen LogP) is 2.95. The monoisotopic (exact) mass is 372 g/mol. The van der Waals surface area contributed by atoms with E-state index in [2.05, 4.69) is 10.6 Å². The van der Waals surface area contributed by atoms with Gasteiger partial charge in [-0.2, -0.15) is 0 Å². The molecule has 0 spiro atoms. The van der Waals surface area contributed by atoms with E-state index in [1.165, 1.54) is 24.3 Å². The molecule has 2 unspecified atom stereocenters. The van der Waals surface area contributed by atoms with E-state index >= 15 is 0 Å². The molecule has 0 saturated carbocycles. The Kier molecular flexibility index (Phi) is 5.71. The Morgan fingerprint density at radius 1 is 1.22 bits per heavy atom. The Labute approximate surface area is 156 Å². The lowest BCUT2D eigenvalue weighted by Crippen LogP contribution is -2.46. The van der Waals surface area contributed by atoms with Gasteiger partial charge in [0.05, 0.1) is 6.04 Å². The van der Waals surface area contributed by atoms with Crippen molar-refractivity contribution in [2.24, 2.45) is 0 Å². The molecule has 0 bridgehead atoms. The van der Waals surface area contributed by atoms with Crippen molar-refractivity contribution < 1.29 is 23.8 Å². The van der Waals surface area contributed by atoms with Crippen LogP contribution in [0.1, 0.15) is 35.8 Å². The van der Waals surface area contributed by atoms with E-state index in [4.69, 9.17) is 9.84 Å². The van der Waals surface area contributed by atoms with Gasteiger partial charge in [-0.1, -0.05) is 36.4 Å². The fraction of sp³-hybridized carbons (Fsp3) is 0.300. The van der Waals surface area contributed by atoms with Gasteiger partial charge in [-0.3, -0.25) is 4.79 Å². The van der Waals surface area contributed by atoms with Crippen molar-refractivity contribution in [3.63, 3.8) is 0 Å². The van der Waals surface area contributed by atoms with Gasteiger partial charge in [0.2, 0.25) is 5.91 Å². The predicted molar refractivity (Wildman–Crippen MR) is 96.7 cm³/mol. The third kappa shape index (κ3) is 4.25. The van der Waals surface area contributed by atoms with Crippen LogP contribution in [0.5, 0.6) is 0 Å². The summed E-state index contributed by atoms with van der Waals surface area (Å²) in [5, 5.41) is 14.2. The molecule has 0 aliphatic heterocycles. The van der Waals surface area contributed by atoms with Gasteiger partial charge in [0.15, 0.2) is 0 Å². The zero-order valence-electron chi connectivity index (χ0n) is 14.8. The summed E-state index contributed by atoms with van der Waals surface area (Å²) in [5.74, 6) is -0.970. The number of benzene rings is 2. The first-order valence-corrected chi connectivity index (χ1v) is 8.74. The van der Waals surface area contributed by atoms with Crippen LogP contribution in [0.25, 0.3) is 0 Å². The lowest BCUT2D eigenvalue weighted by atomic mass is 10.0. The van der Waals surface area contributed by atoms with Crippen LogP contribution in [0.2, 0.25) is 0 Å². The standard InChI is InChI=1S/C20H21FN2O4/c1-2-27-18-15-6-4-3-5-13(15)11-16(18)22-19(24)17(23-20(25)26)12-7-9-14(21)10-8-12/h3-10,16-18,23H,2,11H2,1H3,(H,22,24)(H,25,26)/t16?,17-,18?/m0/s1. The highest BCUT2D eigenvalue weighted by Crippen LogP contribution is 2.34. The molecule has 3 rings (SSSR count). The first kappa shape index (κ1) is 18.8. The second-order valence-electron chi connectivity index (χ2n) is 6.33. The molecule has 1 aliphatic carbocycles. The van der Waals surface area contributed by atoms with Crippen molar-refractivity contribution in [2.75, 3.05) is 6.61 Å². The normalized spacial score (nSPS) is 19.2. The molecule has 1 aliphatic rings. The second kappa shape index (κ2) is 8.18. The number of fused-ring (bicyclic) bond motifs is 1. The fourth-order valence-corrected chi connectivity index (χ4v) is 3.42. The average Bonchev–Trinajstić information content (AvgIpc) is 2.98. The number of carbonyl (C=O) groups is 2. The molecule has 3 N–H and O–H groups in total. The minimum Gasteiger partial charge on any atom is -0.465 e. The van der Waals surface area contributed by atoms with Gasteiger partial charge in [0.1, 0.15) is 18.0 Å². The Morgan fingerprint density at radius 2 is 1.93 bits per heavy atom. The summed E-state index contributed by atoms with van der Waals surface area (Å²) in [7, 11) is 0. The number of nitrogens with one attached hydrogen (secondary N) is 2. The Bertz CT molecular complexity index is 825. The van der Waals surface area contributed by atoms with Gasteiger partial charge in [-0.15, -0.1) is 0 Å². The maximum absolute atomic E-state index is 13.2. The fourth-order valence-electron chi connectivity index (χ4n) is 3.42. The lowest BCUT2D eigenvalue weighted by Gasteiger charge is -2.25. The molecule has 3 atom stereocenters. The van der Waals surface area contributed by atoms with Gasteiger partial charge in [-0.05, 0) is 42.2 Å². The molecule has 2 aromatic carbocycles. The highest BCUT2D eigenvalue weighted by Gasteiger charge is 2.35. The molecule has 7 heteroatoms. The van der Waals surface area contributed by atoms with Crippen LogP contribution in [-0.2, 0) is 16.0 Å². The molecular weight excluding hydrogens is 351 g/mol. The number of hydrogen-bond acceptors (Lipinski definition) is 3. The Hall–Kier alpha value is -2.93. The Morgan fingerprint density at radius 3 is 2.59 bits per heavy atom. The average molecular weight is 372 g/mol. The smallest absolute Gasteiger partial charge is 0.405 e. The molecule has 0 heterocycles. The molecule has 27 heavy (non-hydrogen) atoms. The second-order valence-corrected chi connectivity index (χ2v) is 6.33. The first-order chi connectivity index (χ1) is 13.0. The quantitative estimate of drug-likeness (QED) is 0.728. The minimum atomic E-state index is -1.34. The van der Waals surface area contributed by atoms with Crippen LogP contribution in [0.3, 0.4) is 0 Å². The third-order valence-electron chi connectivity index (χ3n) is 4.57. The molecule has 142 valence electrons. The van der Waals surface area contributed by atoms with Gasteiger partial charge in [-0.25, -0.2) is 9.18 Å². The molecular formula is C20H21FN2O4. The molecule has 0 saturated heterocycles. The number of carboxylic acid groups (broad SMARTS) is 1. The lowest BCUT2D eigenvalue weighted by molar-refractivity contribution is -0.125. The number of ether oxygens (including phenoxy) is 1. The number of halogens is 1. The highest BCUT2D eigenvalue weighted by atomic mass is 19.1. The molecule has 0 aromatic heterocycles. The molecule has 2 amide bonds. The summed E-state index contributed by atoms with van der Waals surface area (Å²) in [6.45, 7) is 2.37. The zero-order chi connectivity index (χ0) is 19.4. The Balaban J connectivity index is 1.80. The van der Waals surface area contributed by atoms with Crippen molar-refractivity contribution in [1.29, 1.82) is 0 Å². The van der Waals surface area contributed by atoms with Crippen molar-refractivity contribution >= 4 is 12.0 Å². The van der Waals surface area contributed by atoms with Crippen LogP contribution in [0.15, 0.2) is 48.5 Å². The van der Waals surface area contributed by atoms with E-state index in [1.807, 2.05) is 31.2 Å². The SMILES string of the molecule is CCOC1c2ccccc2CC1NC(=O)[C@@H](NC(=O)O)c1ccc(F)cc1. The van der Waals surface area contributed by atoms with Crippen LogP contribution in [-0.4, -0.2) is 29.8 Å². The zero-order valence-corrected chi connectivity index (χ0v) is 14.8. The number of amides is 2.